The molecule has 7 heteroatoms. The van der Waals surface area contributed by atoms with E-state index in [-0.39, 0.29) is 5.56 Å². The average molecular weight is 301 g/mol. The van der Waals surface area contributed by atoms with Gasteiger partial charge in [-0.15, -0.1) is 0 Å². The van der Waals surface area contributed by atoms with E-state index in [0.717, 1.165) is 5.56 Å². The lowest BCUT2D eigenvalue weighted by Gasteiger charge is -2.33. The van der Waals surface area contributed by atoms with Crippen LogP contribution < -0.4 is 16.6 Å². The lowest BCUT2D eigenvalue weighted by Crippen LogP contribution is -2.45. The topological polar surface area (TPSA) is 83.0 Å². The maximum Gasteiger partial charge on any atom is 0.330 e. The van der Waals surface area contributed by atoms with Gasteiger partial charge in [0.05, 0.1) is 18.8 Å². The summed E-state index contributed by atoms with van der Waals surface area (Å²) in [6.45, 7) is 5.67. The van der Waals surface area contributed by atoms with Gasteiger partial charge in [-0.3, -0.25) is 24.2 Å². The van der Waals surface area contributed by atoms with E-state index in [2.05, 4.69) is 34.0 Å². The van der Waals surface area contributed by atoms with Crippen LogP contribution in [-0.4, -0.2) is 32.1 Å². The van der Waals surface area contributed by atoms with Crippen LogP contribution in [0.5, 0.6) is 0 Å². The molecule has 22 heavy (non-hydrogen) atoms. The Morgan fingerprint density at radius 2 is 2.18 bits per heavy atom. The van der Waals surface area contributed by atoms with Crippen molar-refractivity contribution in [3.05, 3.63) is 56.5 Å². The molecule has 0 radical (unpaired) electrons. The number of aromatic nitrogens is 3. The minimum Gasteiger partial charge on any atom is -0.358 e. The molecule has 0 atom stereocenters. The Morgan fingerprint density at radius 3 is 2.86 bits per heavy atom. The third kappa shape index (κ3) is 2.67. The third-order valence-electron chi connectivity index (χ3n) is 3.90. The van der Waals surface area contributed by atoms with Gasteiger partial charge in [-0.05, 0) is 25.5 Å². The molecule has 2 N–H and O–H groups in total. The number of aromatic amines is 1. The highest BCUT2D eigenvalue weighted by atomic mass is 16.2. The summed E-state index contributed by atoms with van der Waals surface area (Å²) in [5.41, 5.74) is 0.786. The number of nitrogens with zero attached hydrogens (tertiary/aromatic N) is 3. The number of hydrogen-bond donors (Lipinski definition) is 2. The summed E-state index contributed by atoms with van der Waals surface area (Å²) in [6.07, 6.45) is 3.40. The van der Waals surface area contributed by atoms with Gasteiger partial charge in [-0.25, -0.2) is 4.79 Å². The van der Waals surface area contributed by atoms with E-state index < -0.39 is 5.69 Å². The van der Waals surface area contributed by atoms with Crippen molar-refractivity contribution in [1.82, 2.24) is 19.4 Å². The molecule has 0 saturated carbocycles. The van der Waals surface area contributed by atoms with Crippen LogP contribution >= 0.6 is 0 Å². The van der Waals surface area contributed by atoms with Gasteiger partial charge in [0, 0.05) is 25.0 Å². The molecular formula is C15H19N5O2. The predicted octanol–water partition coefficient (Wildman–Crippen LogP) is 0.573. The Morgan fingerprint density at radius 1 is 1.36 bits per heavy atom. The molecule has 0 fully saturated rings. The van der Waals surface area contributed by atoms with Crippen molar-refractivity contribution in [2.75, 3.05) is 12.0 Å². The zero-order chi connectivity index (χ0) is 15.7. The van der Waals surface area contributed by atoms with E-state index in [1.165, 1.54) is 0 Å². The number of hydrogen-bond acceptors (Lipinski definition) is 5. The minimum absolute atomic E-state index is 0.318. The molecule has 7 nitrogen and oxygen atoms in total. The Hall–Kier alpha value is -2.41. The highest BCUT2D eigenvalue weighted by molar-refractivity contribution is 5.46. The Kier molecular flexibility index (Phi) is 3.81. The van der Waals surface area contributed by atoms with Gasteiger partial charge in [-0.1, -0.05) is 6.07 Å². The second kappa shape index (κ2) is 5.76. The van der Waals surface area contributed by atoms with E-state index in [1.54, 1.807) is 17.0 Å². The van der Waals surface area contributed by atoms with Crippen LogP contribution in [0.25, 0.3) is 0 Å². The molecule has 0 unspecified atom stereocenters. The number of rotatable bonds is 3. The van der Waals surface area contributed by atoms with Gasteiger partial charge in [0.25, 0.3) is 5.56 Å². The Bertz CT molecular complexity index is 779. The summed E-state index contributed by atoms with van der Waals surface area (Å²) < 4.78 is 1.56. The molecular weight excluding hydrogens is 282 g/mol. The monoisotopic (exact) mass is 301 g/mol. The highest BCUT2D eigenvalue weighted by Gasteiger charge is 2.24. The summed E-state index contributed by atoms with van der Waals surface area (Å²) in [4.78, 5) is 32.9. The van der Waals surface area contributed by atoms with Crippen LogP contribution in [0.3, 0.4) is 0 Å². The van der Waals surface area contributed by atoms with Gasteiger partial charge < -0.3 is 5.32 Å². The Balaban J connectivity index is 2.04. The molecule has 0 amide bonds. The van der Waals surface area contributed by atoms with E-state index in [0.29, 0.717) is 37.2 Å². The van der Waals surface area contributed by atoms with Crippen LogP contribution in [0.15, 0.2) is 34.1 Å². The smallest absolute Gasteiger partial charge is 0.330 e. The van der Waals surface area contributed by atoms with Crippen molar-refractivity contribution in [3.63, 3.8) is 0 Å². The molecule has 1 aliphatic rings. The standard InChI is InChI=1S/C15H19N5O2/c1-10(2)19-8-12-13(17-9-19)20(15(22)18-14(12)21)7-11-4-3-5-16-6-11/h3-6,10,17H,7-9H2,1-2H3,(H,18,21,22). The first-order valence-electron chi connectivity index (χ1n) is 7.29. The van der Waals surface area contributed by atoms with Gasteiger partial charge in [0.2, 0.25) is 0 Å². The molecule has 1 aliphatic heterocycles. The quantitative estimate of drug-likeness (QED) is 0.866. The molecule has 3 rings (SSSR count). The number of H-pyrrole nitrogens is 1. The van der Waals surface area contributed by atoms with Crippen LogP contribution in [0, 0.1) is 0 Å². The van der Waals surface area contributed by atoms with E-state index in [9.17, 15) is 9.59 Å². The molecule has 0 saturated heterocycles. The maximum atomic E-state index is 12.2. The third-order valence-corrected chi connectivity index (χ3v) is 3.90. The van der Waals surface area contributed by atoms with Crippen LogP contribution in [0.4, 0.5) is 5.82 Å². The van der Waals surface area contributed by atoms with E-state index in [4.69, 9.17) is 0 Å². The normalized spacial score (nSPS) is 14.7. The molecule has 2 aromatic heterocycles. The van der Waals surface area contributed by atoms with Crippen LogP contribution in [0.1, 0.15) is 25.0 Å². The SMILES string of the molecule is CC(C)N1CNc2c(c(=O)[nH]c(=O)n2Cc2cccnc2)C1. The molecule has 0 aliphatic carbocycles. The highest BCUT2D eigenvalue weighted by Crippen LogP contribution is 2.19. The van der Waals surface area contributed by atoms with E-state index >= 15 is 0 Å². The van der Waals surface area contributed by atoms with Gasteiger partial charge in [0.1, 0.15) is 5.82 Å². The summed E-state index contributed by atoms with van der Waals surface area (Å²) in [5, 5.41) is 3.21. The molecule has 2 aromatic rings. The summed E-state index contributed by atoms with van der Waals surface area (Å²) >= 11 is 0. The zero-order valence-electron chi connectivity index (χ0n) is 12.7. The van der Waals surface area contributed by atoms with Gasteiger partial charge >= 0.3 is 5.69 Å². The van der Waals surface area contributed by atoms with Crippen LogP contribution in [-0.2, 0) is 13.1 Å². The van der Waals surface area contributed by atoms with Crippen LogP contribution in [0.2, 0.25) is 0 Å². The predicted molar refractivity (Wildman–Crippen MR) is 83.8 cm³/mol. The minimum atomic E-state index is -0.405. The maximum absolute atomic E-state index is 12.2. The van der Waals surface area contributed by atoms with Crippen molar-refractivity contribution in [2.45, 2.75) is 33.0 Å². The van der Waals surface area contributed by atoms with E-state index in [1.807, 2.05) is 12.1 Å². The van der Waals surface area contributed by atoms with Gasteiger partial charge in [-0.2, -0.15) is 0 Å². The number of pyridine rings is 1. The first-order valence-corrected chi connectivity index (χ1v) is 7.29. The molecule has 0 spiro atoms. The first-order chi connectivity index (χ1) is 10.6. The largest absolute Gasteiger partial charge is 0.358 e. The molecule has 3 heterocycles. The number of anilines is 1. The van der Waals surface area contributed by atoms with Gasteiger partial charge in [0.15, 0.2) is 0 Å². The molecule has 0 bridgehead atoms. The van der Waals surface area contributed by atoms with Crippen molar-refractivity contribution in [3.8, 4) is 0 Å². The second-order valence-corrected chi connectivity index (χ2v) is 5.71. The fourth-order valence-electron chi connectivity index (χ4n) is 2.59. The fourth-order valence-corrected chi connectivity index (χ4v) is 2.59. The number of nitrogens with one attached hydrogen (secondary N) is 2. The van der Waals surface area contributed by atoms with Crippen molar-refractivity contribution >= 4 is 5.82 Å². The second-order valence-electron chi connectivity index (χ2n) is 5.71. The fraction of sp³-hybridized carbons (Fsp3) is 0.400. The summed E-state index contributed by atoms with van der Waals surface area (Å²) in [6, 6.07) is 4.05. The molecule has 0 aromatic carbocycles. The lowest BCUT2D eigenvalue weighted by atomic mass is 10.2. The lowest BCUT2D eigenvalue weighted by molar-refractivity contribution is 0.218. The van der Waals surface area contributed by atoms with Crippen molar-refractivity contribution in [1.29, 1.82) is 0 Å². The first kappa shape index (κ1) is 14.5. The Labute approximate surface area is 127 Å². The zero-order valence-corrected chi connectivity index (χ0v) is 12.7. The average Bonchev–Trinajstić information content (AvgIpc) is 2.52. The van der Waals surface area contributed by atoms with Crippen molar-refractivity contribution < 1.29 is 0 Å². The summed E-state index contributed by atoms with van der Waals surface area (Å²) in [7, 11) is 0. The molecule has 116 valence electrons. The number of fused-ring (bicyclic) bond motifs is 1. The summed E-state index contributed by atoms with van der Waals surface area (Å²) in [5.74, 6) is 0.606. The van der Waals surface area contributed by atoms with Crippen molar-refractivity contribution in [2.24, 2.45) is 0 Å².